The number of nitrogens with zero attached hydrogens (tertiary/aromatic N) is 3. The van der Waals surface area contributed by atoms with Crippen LogP contribution in [0.25, 0.3) is 0 Å². The SMILES string of the molecule is CC1CN(S(=O)(=O)c2ccc([N+](=O)[O-])c(F)c2)CCN1C. The second-order valence-corrected chi connectivity index (χ2v) is 7.00. The van der Waals surface area contributed by atoms with E-state index in [0.29, 0.717) is 25.7 Å². The number of sulfonamides is 1. The fourth-order valence-corrected chi connectivity index (χ4v) is 3.70. The van der Waals surface area contributed by atoms with Crippen LogP contribution in [0.5, 0.6) is 0 Å². The molecule has 0 saturated carbocycles. The average molecular weight is 317 g/mol. The van der Waals surface area contributed by atoms with Crippen molar-refractivity contribution >= 4 is 15.7 Å². The van der Waals surface area contributed by atoms with Crippen LogP contribution in [0.3, 0.4) is 0 Å². The van der Waals surface area contributed by atoms with Gasteiger partial charge in [0, 0.05) is 37.8 Å². The quantitative estimate of drug-likeness (QED) is 0.615. The second kappa shape index (κ2) is 5.66. The molecule has 1 aliphatic rings. The first-order valence-electron chi connectivity index (χ1n) is 6.38. The smallest absolute Gasteiger partial charge is 0.301 e. The third-order valence-corrected chi connectivity index (χ3v) is 5.54. The van der Waals surface area contributed by atoms with Gasteiger partial charge >= 0.3 is 5.69 Å². The Kier molecular flexibility index (Phi) is 4.26. The lowest BCUT2D eigenvalue weighted by atomic mass is 10.2. The minimum Gasteiger partial charge on any atom is -0.301 e. The van der Waals surface area contributed by atoms with Crippen LogP contribution >= 0.6 is 0 Å². The van der Waals surface area contributed by atoms with Crippen molar-refractivity contribution in [2.24, 2.45) is 0 Å². The first-order valence-corrected chi connectivity index (χ1v) is 7.82. The molecule has 1 unspecified atom stereocenters. The first-order chi connectivity index (χ1) is 9.73. The van der Waals surface area contributed by atoms with Crippen molar-refractivity contribution < 1.29 is 17.7 Å². The minimum absolute atomic E-state index is 0.0522. The summed E-state index contributed by atoms with van der Waals surface area (Å²) in [5, 5.41) is 10.6. The van der Waals surface area contributed by atoms with Crippen LogP contribution in [-0.2, 0) is 10.0 Å². The van der Waals surface area contributed by atoms with Gasteiger partial charge in [-0.15, -0.1) is 0 Å². The number of likely N-dealkylation sites (N-methyl/N-ethyl adjacent to an activating group) is 1. The summed E-state index contributed by atoms with van der Waals surface area (Å²) in [6, 6.07) is 2.70. The van der Waals surface area contributed by atoms with Gasteiger partial charge in [0.2, 0.25) is 15.8 Å². The summed E-state index contributed by atoms with van der Waals surface area (Å²) in [5.41, 5.74) is -0.735. The molecule has 1 aromatic rings. The molecule has 1 aromatic carbocycles. The van der Waals surface area contributed by atoms with E-state index in [9.17, 15) is 22.9 Å². The van der Waals surface area contributed by atoms with Crippen LogP contribution in [-0.4, -0.2) is 55.3 Å². The molecule has 116 valence electrons. The van der Waals surface area contributed by atoms with Crippen molar-refractivity contribution in [1.82, 2.24) is 9.21 Å². The van der Waals surface area contributed by atoms with E-state index < -0.39 is 26.5 Å². The molecule has 0 radical (unpaired) electrons. The van der Waals surface area contributed by atoms with Crippen molar-refractivity contribution in [1.29, 1.82) is 0 Å². The normalized spacial score (nSPS) is 21.4. The van der Waals surface area contributed by atoms with Gasteiger partial charge in [0.25, 0.3) is 0 Å². The summed E-state index contributed by atoms with van der Waals surface area (Å²) in [5.74, 6) is -1.15. The summed E-state index contributed by atoms with van der Waals surface area (Å²) in [6.07, 6.45) is 0. The van der Waals surface area contributed by atoms with Crippen molar-refractivity contribution in [3.63, 3.8) is 0 Å². The van der Waals surface area contributed by atoms with E-state index in [1.165, 1.54) is 4.31 Å². The zero-order chi connectivity index (χ0) is 15.8. The van der Waals surface area contributed by atoms with Crippen molar-refractivity contribution in [3.05, 3.63) is 34.1 Å². The predicted molar refractivity (Wildman–Crippen MR) is 73.9 cm³/mol. The number of halogens is 1. The van der Waals surface area contributed by atoms with Crippen LogP contribution in [0.4, 0.5) is 10.1 Å². The molecule has 0 aliphatic carbocycles. The number of hydrogen-bond donors (Lipinski definition) is 0. The standard InChI is InChI=1S/C12H16FN3O4S/c1-9-8-15(6-5-14(9)2)21(19,20)10-3-4-12(16(17)18)11(13)7-10/h3-4,7,9H,5-6,8H2,1-2H3. The molecule has 1 fully saturated rings. The number of rotatable bonds is 3. The predicted octanol–water partition coefficient (Wildman–Crippen LogP) is 1.06. The molecule has 7 nitrogen and oxygen atoms in total. The maximum absolute atomic E-state index is 13.6. The van der Waals surface area contributed by atoms with Gasteiger partial charge in [-0.2, -0.15) is 8.70 Å². The maximum atomic E-state index is 13.6. The monoisotopic (exact) mass is 317 g/mol. The third kappa shape index (κ3) is 3.04. The highest BCUT2D eigenvalue weighted by Crippen LogP contribution is 2.24. The lowest BCUT2D eigenvalue weighted by molar-refractivity contribution is -0.387. The Morgan fingerprint density at radius 1 is 1.38 bits per heavy atom. The Morgan fingerprint density at radius 2 is 2.05 bits per heavy atom. The van der Waals surface area contributed by atoms with Gasteiger partial charge in [0.1, 0.15) is 0 Å². The molecule has 1 saturated heterocycles. The molecule has 9 heteroatoms. The van der Waals surface area contributed by atoms with Gasteiger partial charge < -0.3 is 4.90 Å². The number of hydrogen-bond acceptors (Lipinski definition) is 5. The topological polar surface area (TPSA) is 83.8 Å². The Balaban J connectivity index is 2.32. The molecule has 0 N–H and O–H groups in total. The summed E-state index contributed by atoms with van der Waals surface area (Å²) >= 11 is 0. The lowest BCUT2D eigenvalue weighted by Gasteiger charge is -2.36. The number of benzene rings is 1. The van der Waals surface area contributed by atoms with E-state index in [0.717, 1.165) is 12.1 Å². The fourth-order valence-electron chi connectivity index (χ4n) is 2.18. The number of nitro groups is 1. The Hall–Kier alpha value is -1.58. The Morgan fingerprint density at radius 3 is 2.57 bits per heavy atom. The Labute approximate surface area is 122 Å². The molecule has 1 aliphatic heterocycles. The fraction of sp³-hybridized carbons (Fsp3) is 0.500. The van der Waals surface area contributed by atoms with Crippen LogP contribution in [0, 0.1) is 15.9 Å². The molecular weight excluding hydrogens is 301 g/mol. The van der Waals surface area contributed by atoms with Gasteiger partial charge in [-0.25, -0.2) is 8.42 Å². The third-order valence-electron chi connectivity index (χ3n) is 3.68. The van der Waals surface area contributed by atoms with Crippen LogP contribution < -0.4 is 0 Å². The molecule has 0 amide bonds. The molecule has 2 rings (SSSR count). The van der Waals surface area contributed by atoms with Crippen molar-refractivity contribution in [2.45, 2.75) is 17.9 Å². The highest BCUT2D eigenvalue weighted by molar-refractivity contribution is 7.89. The summed E-state index contributed by atoms with van der Waals surface area (Å²) in [6.45, 7) is 3.09. The highest BCUT2D eigenvalue weighted by Gasteiger charge is 2.31. The van der Waals surface area contributed by atoms with Crippen molar-refractivity contribution in [3.8, 4) is 0 Å². The molecule has 1 heterocycles. The summed E-state index contributed by atoms with van der Waals surface area (Å²) in [7, 11) is -1.94. The molecule has 0 aromatic heterocycles. The second-order valence-electron chi connectivity index (χ2n) is 5.06. The van der Waals surface area contributed by atoms with E-state index >= 15 is 0 Å². The molecular formula is C12H16FN3O4S. The van der Waals surface area contributed by atoms with Crippen LogP contribution in [0.15, 0.2) is 23.1 Å². The van der Waals surface area contributed by atoms with Gasteiger partial charge in [-0.05, 0) is 20.0 Å². The maximum Gasteiger partial charge on any atom is 0.304 e. The molecule has 0 bridgehead atoms. The van der Waals surface area contributed by atoms with Gasteiger partial charge in [-0.3, -0.25) is 10.1 Å². The van der Waals surface area contributed by atoms with E-state index in [2.05, 4.69) is 0 Å². The lowest BCUT2D eigenvalue weighted by Crippen LogP contribution is -2.51. The van der Waals surface area contributed by atoms with E-state index in [4.69, 9.17) is 0 Å². The summed E-state index contributed by atoms with van der Waals surface area (Å²) in [4.78, 5) is 11.4. The number of nitro benzene ring substituents is 1. The van der Waals surface area contributed by atoms with Crippen molar-refractivity contribution in [2.75, 3.05) is 26.7 Å². The molecule has 0 spiro atoms. The van der Waals surface area contributed by atoms with E-state index in [1.54, 1.807) is 0 Å². The average Bonchev–Trinajstić information content (AvgIpc) is 2.41. The minimum atomic E-state index is -3.84. The molecule has 1 atom stereocenters. The largest absolute Gasteiger partial charge is 0.304 e. The van der Waals surface area contributed by atoms with E-state index in [1.807, 2.05) is 18.9 Å². The summed E-state index contributed by atoms with van der Waals surface area (Å²) < 4.78 is 39.8. The van der Waals surface area contributed by atoms with E-state index in [-0.39, 0.29) is 10.9 Å². The zero-order valence-corrected chi connectivity index (χ0v) is 12.5. The number of piperazine rings is 1. The van der Waals surface area contributed by atoms with Crippen LogP contribution in [0.2, 0.25) is 0 Å². The van der Waals surface area contributed by atoms with Crippen LogP contribution in [0.1, 0.15) is 6.92 Å². The Bertz CT molecular complexity index is 664. The zero-order valence-electron chi connectivity index (χ0n) is 11.7. The van der Waals surface area contributed by atoms with Gasteiger partial charge in [0.15, 0.2) is 0 Å². The first kappa shape index (κ1) is 15.8. The highest BCUT2D eigenvalue weighted by atomic mass is 32.2. The molecule has 21 heavy (non-hydrogen) atoms. The van der Waals surface area contributed by atoms with Gasteiger partial charge in [-0.1, -0.05) is 0 Å². The van der Waals surface area contributed by atoms with Gasteiger partial charge in [0.05, 0.1) is 9.82 Å².